The molecule has 0 fully saturated rings. The number of aromatic nitrogens is 3. The third-order valence-electron chi connectivity index (χ3n) is 3.62. The number of aryl methyl sites for hydroxylation is 1. The molecule has 0 N–H and O–H groups in total. The van der Waals surface area contributed by atoms with E-state index in [2.05, 4.69) is 21.4 Å². The molecule has 3 aromatic rings. The molecule has 0 bridgehead atoms. The molecule has 1 aliphatic heterocycles. The van der Waals surface area contributed by atoms with E-state index in [0.717, 1.165) is 33.4 Å². The van der Waals surface area contributed by atoms with Gasteiger partial charge < -0.3 is 0 Å². The molecule has 0 spiro atoms. The Balaban J connectivity index is 1.79. The maximum Gasteiger partial charge on any atom is 0.212 e. The van der Waals surface area contributed by atoms with Gasteiger partial charge in [-0.3, -0.25) is 0 Å². The molecule has 6 heteroatoms. The Morgan fingerprint density at radius 1 is 1.04 bits per heavy atom. The Morgan fingerprint density at radius 3 is 2.65 bits per heavy atom. The van der Waals surface area contributed by atoms with Gasteiger partial charge in [-0.05, 0) is 30.7 Å². The van der Waals surface area contributed by atoms with Crippen LogP contribution in [0.25, 0.3) is 11.4 Å². The number of hydrogen-bond acceptors (Lipinski definition) is 4. The number of nitrogens with zero attached hydrogens (tertiary/aromatic N) is 4. The number of halogens is 1. The minimum Gasteiger partial charge on any atom is -0.207 e. The van der Waals surface area contributed by atoms with Crippen molar-refractivity contribution in [2.24, 2.45) is 5.10 Å². The lowest BCUT2D eigenvalue weighted by Gasteiger charge is -2.14. The molecule has 1 aliphatic rings. The highest BCUT2D eigenvalue weighted by Crippen LogP contribution is 2.28. The lowest BCUT2D eigenvalue weighted by atomic mass is 10.1. The van der Waals surface area contributed by atoms with Crippen LogP contribution in [0.5, 0.6) is 0 Å². The van der Waals surface area contributed by atoms with E-state index in [1.807, 2.05) is 25.1 Å². The van der Waals surface area contributed by atoms with E-state index in [0.29, 0.717) is 5.75 Å². The van der Waals surface area contributed by atoms with E-state index in [9.17, 15) is 4.39 Å². The zero-order valence-corrected chi connectivity index (χ0v) is 13.2. The van der Waals surface area contributed by atoms with Crippen molar-refractivity contribution in [2.75, 3.05) is 5.75 Å². The molecule has 4 rings (SSSR count). The van der Waals surface area contributed by atoms with Crippen molar-refractivity contribution in [3.63, 3.8) is 0 Å². The van der Waals surface area contributed by atoms with Crippen molar-refractivity contribution in [3.05, 3.63) is 65.5 Å². The van der Waals surface area contributed by atoms with Gasteiger partial charge in [0.2, 0.25) is 5.16 Å². The summed E-state index contributed by atoms with van der Waals surface area (Å²) >= 11 is 1.58. The second-order valence-corrected chi connectivity index (χ2v) is 6.27. The first-order valence-corrected chi connectivity index (χ1v) is 8.18. The average Bonchev–Trinajstić information content (AvgIpc) is 2.98. The van der Waals surface area contributed by atoms with Crippen LogP contribution in [0.4, 0.5) is 4.39 Å². The van der Waals surface area contributed by atoms with Gasteiger partial charge in [-0.2, -0.15) is 9.78 Å². The van der Waals surface area contributed by atoms with Crippen molar-refractivity contribution in [1.29, 1.82) is 0 Å². The van der Waals surface area contributed by atoms with Crippen LogP contribution in [0.1, 0.15) is 11.1 Å². The summed E-state index contributed by atoms with van der Waals surface area (Å²) in [6, 6.07) is 14.5. The minimum atomic E-state index is -0.247. The highest BCUT2D eigenvalue weighted by molar-refractivity contribution is 7.99. The second kappa shape index (κ2) is 5.62. The average molecular weight is 324 g/mol. The fraction of sp³-hybridized carbons (Fsp3) is 0.118. The fourth-order valence-corrected chi connectivity index (χ4v) is 3.31. The first kappa shape index (κ1) is 14.1. The smallest absolute Gasteiger partial charge is 0.207 e. The highest BCUT2D eigenvalue weighted by Gasteiger charge is 2.20. The number of rotatable bonds is 2. The van der Waals surface area contributed by atoms with Crippen molar-refractivity contribution in [2.45, 2.75) is 12.1 Å². The molecule has 0 amide bonds. The molecule has 2 aromatic carbocycles. The van der Waals surface area contributed by atoms with Crippen LogP contribution in [-0.2, 0) is 0 Å². The molecule has 0 unspecified atom stereocenters. The molecule has 0 atom stereocenters. The zero-order valence-electron chi connectivity index (χ0n) is 12.4. The van der Waals surface area contributed by atoms with Crippen molar-refractivity contribution < 1.29 is 4.39 Å². The molecule has 0 radical (unpaired) electrons. The van der Waals surface area contributed by atoms with Crippen LogP contribution in [-0.4, -0.2) is 26.3 Å². The predicted octanol–water partition coefficient (Wildman–Crippen LogP) is 3.75. The van der Waals surface area contributed by atoms with Gasteiger partial charge in [-0.25, -0.2) is 4.39 Å². The molecule has 0 saturated heterocycles. The molecule has 2 heterocycles. The number of hydrogen-bond donors (Lipinski definition) is 0. The van der Waals surface area contributed by atoms with Gasteiger partial charge in [0.1, 0.15) is 5.82 Å². The van der Waals surface area contributed by atoms with Gasteiger partial charge in [0.25, 0.3) is 0 Å². The van der Waals surface area contributed by atoms with Gasteiger partial charge in [0.15, 0.2) is 5.82 Å². The van der Waals surface area contributed by atoms with E-state index in [1.54, 1.807) is 28.6 Å². The molecular formula is C17H13FN4S. The van der Waals surface area contributed by atoms with Crippen molar-refractivity contribution in [1.82, 2.24) is 14.9 Å². The summed E-state index contributed by atoms with van der Waals surface area (Å²) in [5.74, 6) is 1.16. The Bertz CT molecular complexity index is 899. The van der Waals surface area contributed by atoms with Crippen molar-refractivity contribution >= 4 is 17.5 Å². The molecule has 0 saturated carbocycles. The van der Waals surface area contributed by atoms with Crippen LogP contribution in [0.2, 0.25) is 0 Å². The summed E-state index contributed by atoms with van der Waals surface area (Å²) in [5.41, 5.74) is 3.93. The highest BCUT2D eigenvalue weighted by atomic mass is 32.2. The zero-order chi connectivity index (χ0) is 15.8. The third kappa shape index (κ3) is 2.66. The quantitative estimate of drug-likeness (QED) is 0.721. The normalized spacial score (nSPS) is 13.6. The Labute approximate surface area is 137 Å². The van der Waals surface area contributed by atoms with Gasteiger partial charge in [-0.15, -0.1) is 10.2 Å². The third-order valence-corrected chi connectivity index (χ3v) is 4.56. The van der Waals surface area contributed by atoms with Crippen LogP contribution in [0.15, 0.2) is 58.8 Å². The first-order chi connectivity index (χ1) is 11.2. The van der Waals surface area contributed by atoms with Crippen LogP contribution in [0, 0.1) is 12.7 Å². The van der Waals surface area contributed by atoms with Crippen molar-refractivity contribution in [3.8, 4) is 11.4 Å². The molecule has 114 valence electrons. The number of fused-ring (bicyclic) bond motifs is 1. The summed E-state index contributed by atoms with van der Waals surface area (Å²) in [6.07, 6.45) is 0. The van der Waals surface area contributed by atoms with Gasteiger partial charge in [0.05, 0.1) is 5.71 Å². The standard InChI is InChI=1S/C17H13FN4S/c1-11-3-2-4-13(9-11)16-19-20-17-22(16)21-15(10-23-17)12-5-7-14(18)8-6-12/h2-9H,10H2,1H3. The van der Waals surface area contributed by atoms with Gasteiger partial charge >= 0.3 is 0 Å². The molecule has 0 aliphatic carbocycles. The topological polar surface area (TPSA) is 43.1 Å². The van der Waals surface area contributed by atoms with E-state index in [-0.39, 0.29) is 5.82 Å². The van der Waals surface area contributed by atoms with E-state index < -0.39 is 0 Å². The Morgan fingerprint density at radius 2 is 1.87 bits per heavy atom. The summed E-state index contributed by atoms with van der Waals surface area (Å²) in [7, 11) is 0. The SMILES string of the molecule is Cc1cccc(-c2nnc3n2N=C(c2ccc(F)cc2)CS3)c1. The molecular weight excluding hydrogens is 311 g/mol. The largest absolute Gasteiger partial charge is 0.212 e. The summed E-state index contributed by atoms with van der Waals surface area (Å²) in [4.78, 5) is 0. The number of benzene rings is 2. The Kier molecular flexibility index (Phi) is 3.46. The molecule has 23 heavy (non-hydrogen) atoms. The number of thioether (sulfide) groups is 1. The maximum atomic E-state index is 13.1. The van der Waals surface area contributed by atoms with Crippen LogP contribution < -0.4 is 0 Å². The van der Waals surface area contributed by atoms with Crippen LogP contribution in [0.3, 0.4) is 0 Å². The summed E-state index contributed by atoms with van der Waals surface area (Å²) in [6.45, 7) is 2.04. The second-order valence-electron chi connectivity index (χ2n) is 5.33. The van der Waals surface area contributed by atoms with Gasteiger partial charge in [-0.1, -0.05) is 47.7 Å². The summed E-state index contributed by atoms with van der Waals surface area (Å²) in [5, 5.41) is 13.9. The fourth-order valence-electron chi connectivity index (χ4n) is 2.48. The lowest BCUT2D eigenvalue weighted by molar-refractivity contribution is 0.627. The monoisotopic (exact) mass is 324 g/mol. The summed E-state index contributed by atoms with van der Waals surface area (Å²) < 4.78 is 14.9. The van der Waals surface area contributed by atoms with E-state index in [4.69, 9.17) is 0 Å². The van der Waals surface area contributed by atoms with Gasteiger partial charge in [0, 0.05) is 11.3 Å². The predicted molar refractivity (Wildman–Crippen MR) is 89.3 cm³/mol. The van der Waals surface area contributed by atoms with E-state index in [1.165, 1.54) is 12.1 Å². The molecule has 1 aromatic heterocycles. The van der Waals surface area contributed by atoms with E-state index >= 15 is 0 Å². The van der Waals surface area contributed by atoms with Crippen LogP contribution >= 0.6 is 11.8 Å². The lowest BCUT2D eigenvalue weighted by Crippen LogP contribution is -2.13. The first-order valence-electron chi connectivity index (χ1n) is 7.20. The minimum absolute atomic E-state index is 0.247. The Hall–Kier alpha value is -2.47. The maximum absolute atomic E-state index is 13.1. The molecule has 4 nitrogen and oxygen atoms in total.